The van der Waals surface area contributed by atoms with E-state index in [1.807, 2.05) is 0 Å². The third-order valence-electron chi connectivity index (χ3n) is 4.09. The van der Waals surface area contributed by atoms with E-state index in [-0.39, 0.29) is 11.8 Å². The monoisotopic (exact) mass is 359 g/mol. The first-order chi connectivity index (χ1) is 12.4. The van der Waals surface area contributed by atoms with Gasteiger partial charge >= 0.3 is 0 Å². The van der Waals surface area contributed by atoms with Crippen LogP contribution < -0.4 is 16.0 Å². The Bertz CT molecular complexity index is 800. The zero-order chi connectivity index (χ0) is 18.7. The number of para-hydroxylation sites is 1. The molecule has 3 N–H and O–H groups in total. The molecule has 1 saturated carbocycles. The lowest BCUT2D eigenvalue weighted by atomic mass is 10.2. The lowest BCUT2D eigenvalue weighted by Crippen LogP contribution is -2.32. The summed E-state index contributed by atoms with van der Waals surface area (Å²) in [5.41, 5.74) is 0.855. The van der Waals surface area contributed by atoms with Crippen molar-refractivity contribution >= 4 is 28.9 Å². The van der Waals surface area contributed by atoms with E-state index >= 15 is 0 Å². The van der Waals surface area contributed by atoms with Gasteiger partial charge in [-0.15, -0.1) is 0 Å². The normalized spacial score (nSPS) is 14.4. The average molecular weight is 359 g/mol. The Kier molecular flexibility index (Phi) is 5.16. The van der Waals surface area contributed by atoms with Crippen LogP contribution in [0.15, 0.2) is 42.5 Å². The summed E-state index contributed by atoms with van der Waals surface area (Å²) >= 11 is 0. The first kappa shape index (κ1) is 17.8. The molecule has 3 rings (SSSR count). The van der Waals surface area contributed by atoms with Crippen molar-refractivity contribution < 1.29 is 18.4 Å². The SMILES string of the molecule is C[C@@H](Nc1ccc(NC(=O)C2CC2)cc1)C(=O)Nc1c(F)cccc1F. The van der Waals surface area contributed by atoms with Gasteiger partial charge in [-0.3, -0.25) is 9.59 Å². The molecule has 0 aliphatic heterocycles. The molecule has 5 nitrogen and oxygen atoms in total. The molecule has 2 aromatic carbocycles. The Balaban J connectivity index is 1.57. The first-order valence-electron chi connectivity index (χ1n) is 8.36. The van der Waals surface area contributed by atoms with Crippen molar-refractivity contribution in [1.82, 2.24) is 0 Å². The van der Waals surface area contributed by atoms with E-state index in [2.05, 4.69) is 16.0 Å². The van der Waals surface area contributed by atoms with E-state index in [0.717, 1.165) is 25.0 Å². The van der Waals surface area contributed by atoms with Gasteiger partial charge in [-0.05, 0) is 56.2 Å². The third-order valence-corrected chi connectivity index (χ3v) is 4.09. The standard InChI is InChI=1S/C19H19F2N3O2/c1-11(18(25)24-17-15(20)3-2-4-16(17)21)22-13-7-9-14(10-8-13)23-19(26)12-5-6-12/h2-4,7-12,22H,5-6H2,1H3,(H,23,26)(H,24,25)/t11-/m1/s1. The van der Waals surface area contributed by atoms with Gasteiger partial charge in [-0.2, -0.15) is 0 Å². The zero-order valence-corrected chi connectivity index (χ0v) is 14.2. The second-order valence-corrected chi connectivity index (χ2v) is 6.29. The highest BCUT2D eigenvalue weighted by atomic mass is 19.1. The number of nitrogens with one attached hydrogen (secondary N) is 3. The predicted octanol–water partition coefficient (Wildman–Crippen LogP) is 3.75. The number of anilines is 3. The van der Waals surface area contributed by atoms with E-state index in [4.69, 9.17) is 0 Å². The molecule has 0 unspecified atom stereocenters. The van der Waals surface area contributed by atoms with Gasteiger partial charge in [0.1, 0.15) is 23.4 Å². The Morgan fingerprint density at radius 2 is 1.54 bits per heavy atom. The molecule has 26 heavy (non-hydrogen) atoms. The van der Waals surface area contributed by atoms with Gasteiger partial charge in [0.25, 0.3) is 0 Å². The maximum absolute atomic E-state index is 13.6. The molecule has 0 bridgehead atoms. The number of rotatable bonds is 6. The summed E-state index contributed by atoms with van der Waals surface area (Å²) in [7, 11) is 0. The molecular weight excluding hydrogens is 340 g/mol. The topological polar surface area (TPSA) is 70.2 Å². The largest absolute Gasteiger partial charge is 0.374 e. The molecule has 0 aromatic heterocycles. The van der Waals surface area contributed by atoms with Crippen molar-refractivity contribution in [2.45, 2.75) is 25.8 Å². The second-order valence-electron chi connectivity index (χ2n) is 6.29. The van der Waals surface area contributed by atoms with Gasteiger partial charge in [0.05, 0.1) is 0 Å². The van der Waals surface area contributed by atoms with Crippen molar-refractivity contribution in [3.05, 3.63) is 54.1 Å². The molecule has 136 valence electrons. The van der Waals surface area contributed by atoms with Crippen LogP contribution in [0.5, 0.6) is 0 Å². The van der Waals surface area contributed by atoms with Crippen molar-refractivity contribution in [1.29, 1.82) is 0 Å². The van der Waals surface area contributed by atoms with Gasteiger partial charge in [0, 0.05) is 17.3 Å². The van der Waals surface area contributed by atoms with Gasteiger partial charge in [-0.25, -0.2) is 8.78 Å². The van der Waals surface area contributed by atoms with Crippen LogP contribution in [0.3, 0.4) is 0 Å². The van der Waals surface area contributed by atoms with E-state index in [1.165, 1.54) is 6.07 Å². The molecule has 1 fully saturated rings. The smallest absolute Gasteiger partial charge is 0.246 e. The molecule has 0 radical (unpaired) electrons. The summed E-state index contributed by atoms with van der Waals surface area (Å²) in [6.45, 7) is 1.58. The Morgan fingerprint density at radius 1 is 0.962 bits per heavy atom. The first-order valence-corrected chi connectivity index (χ1v) is 8.36. The number of benzene rings is 2. The number of amides is 2. The van der Waals surface area contributed by atoms with Gasteiger partial charge in [0.15, 0.2) is 0 Å². The van der Waals surface area contributed by atoms with Crippen molar-refractivity contribution in [3.8, 4) is 0 Å². The summed E-state index contributed by atoms with van der Waals surface area (Å²) < 4.78 is 27.2. The predicted molar refractivity (Wildman–Crippen MR) is 95.9 cm³/mol. The van der Waals surface area contributed by atoms with Crippen molar-refractivity contribution in [2.75, 3.05) is 16.0 Å². The summed E-state index contributed by atoms with van der Waals surface area (Å²) in [4.78, 5) is 23.9. The quantitative estimate of drug-likeness (QED) is 0.736. The Hall–Kier alpha value is -2.96. The van der Waals surface area contributed by atoms with Crippen LogP contribution in [0.1, 0.15) is 19.8 Å². The Labute approximate surface area is 149 Å². The van der Waals surface area contributed by atoms with Gasteiger partial charge in [-0.1, -0.05) is 6.07 Å². The van der Waals surface area contributed by atoms with Crippen LogP contribution in [0, 0.1) is 17.6 Å². The fraction of sp³-hybridized carbons (Fsp3) is 0.263. The van der Waals surface area contributed by atoms with Crippen LogP contribution in [0.25, 0.3) is 0 Å². The van der Waals surface area contributed by atoms with E-state index in [9.17, 15) is 18.4 Å². The Morgan fingerprint density at radius 3 is 2.12 bits per heavy atom. The lowest BCUT2D eigenvalue weighted by Gasteiger charge is -2.16. The minimum Gasteiger partial charge on any atom is -0.374 e. The molecule has 2 aromatic rings. The van der Waals surface area contributed by atoms with Crippen LogP contribution >= 0.6 is 0 Å². The minimum absolute atomic E-state index is 0.0189. The zero-order valence-electron chi connectivity index (χ0n) is 14.2. The van der Waals surface area contributed by atoms with Gasteiger partial charge < -0.3 is 16.0 Å². The number of carbonyl (C=O) groups is 2. The number of halogens is 2. The van der Waals surface area contributed by atoms with E-state index in [0.29, 0.717) is 11.4 Å². The maximum atomic E-state index is 13.6. The number of hydrogen-bond acceptors (Lipinski definition) is 3. The average Bonchev–Trinajstić information content (AvgIpc) is 3.45. The number of carbonyl (C=O) groups excluding carboxylic acids is 2. The summed E-state index contributed by atoms with van der Waals surface area (Å²) in [6.07, 6.45) is 1.86. The van der Waals surface area contributed by atoms with Crippen LogP contribution in [-0.4, -0.2) is 17.9 Å². The highest BCUT2D eigenvalue weighted by Gasteiger charge is 2.29. The molecule has 2 amide bonds. The molecule has 1 aliphatic carbocycles. The van der Waals surface area contributed by atoms with E-state index < -0.39 is 29.3 Å². The molecule has 0 saturated heterocycles. The highest BCUT2D eigenvalue weighted by molar-refractivity contribution is 5.96. The van der Waals surface area contributed by atoms with E-state index in [1.54, 1.807) is 31.2 Å². The van der Waals surface area contributed by atoms with Crippen LogP contribution in [-0.2, 0) is 9.59 Å². The molecular formula is C19H19F2N3O2. The number of hydrogen-bond donors (Lipinski definition) is 3. The van der Waals surface area contributed by atoms with Crippen LogP contribution in [0.2, 0.25) is 0 Å². The summed E-state index contributed by atoms with van der Waals surface area (Å²) in [6, 6.07) is 9.54. The molecule has 0 heterocycles. The molecule has 7 heteroatoms. The minimum atomic E-state index is -0.832. The highest BCUT2D eigenvalue weighted by Crippen LogP contribution is 2.30. The summed E-state index contributed by atoms with van der Waals surface area (Å²) in [5.74, 6) is -2.09. The fourth-order valence-corrected chi connectivity index (χ4v) is 2.40. The molecule has 1 atom stereocenters. The second kappa shape index (κ2) is 7.51. The molecule has 0 spiro atoms. The van der Waals surface area contributed by atoms with Gasteiger partial charge in [0.2, 0.25) is 11.8 Å². The third kappa shape index (κ3) is 4.36. The van der Waals surface area contributed by atoms with Crippen molar-refractivity contribution in [2.24, 2.45) is 5.92 Å². The van der Waals surface area contributed by atoms with Crippen LogP contribution in [0.4, 0.5) is 25.8 Å². The maximum Gasteiger partial charge on any atom is 0.246 e. The summed E-state index contributed by atoms with van der Waals surface area (Å²) in [5, 5.41) is 8.02. The fourth-order valence-electron chi connectivity index (χ4n) is 2.40. The molecule has 1 aliphatic rings. The lowest BCUT2D eigenvalue weighted by molar-refractivity contribution is -0.117. The van der Waals surface area contributed by atoms with Crippen molar-refractivity contribution in [3.63, 3.8) is 0 Å².